The Hall–Kier alpha value is -2.77. The molecule has 0 saturated carbocycles. The predicted molar refractivity (Wildman–Crippen MR) is 116 cm³/mol. The number of aromatic nitrogens is 2. The number of carbonyl (C=O) groups excluding carboxylic acids is 2. The largest absolute Gasteiger partial charge is 0.493 e. The molecule has 3 rings (SSSR count). The SMILES string of the molecule is CCOC(=O)c1nnsc1NC(=O)C1CCN(S(=O)(=O)c2ccc(OC)c(OC)c2)CC1. The van der Waals surface area contributed by atoms with E-state index in [1.54, 1.807) is 6.92 Å². The van der Waals surface area contributed by atoms with Crippen molar-refractivity contribution in [3.05, 3.63) is 23.9 Å². The molecule has 174 valence electrons. The van der Waals surface area contributed by atoms with Gasteiger partial charge in [0.2, 0.25) is 21.6 Å². The number of ether oxygens (including phenoxy) is 3. The van der Waals surface area contributed by atoms with Crippen molar-refractivity contribution in [2.75, 3.05) is 39.2 Å². The molecule has 1 fully saturated rings. The van der Waals surface area contributed by atoms with Crippen molar-refractivity contribution in [1.29, 1.82) is 0 Å². The van der Waals surface area contributed by atoms with Gasteiger partial charge < -0.3 is 19.5 Å². The lowest BCUT2D eigenvalue weighted by Crippen LogP contribution is -2.41. The summed E-state index contributed by atoms with van der Waals surface area (Å²) in [5, 5.41) is 6.59. The number of rotatable bonds is 8. The van der Waals surface area contributed by atoms with Gasteiger partial charge in [-0.15, -0.1) is 5.10 Å². The molecule has 0 spiro atoms. The Labute approximate surface area is 189 Å². The molecule has 0 aliphatic carbocycles. The van der Waals surface area contributed by atoms with Crippen molar-refractivity contribution >= 4 is 38.4 Å². The van der Waals surface area contributed by atoms with Crippen molar-refractivity contribution < 1.29 is 32.2 Å². The molecule has 1 aliphatic heterocycles. The summed E-state index contributed by atoms with van der Waals surface area (Å²) in [5.41, 5.74) is -0.0429. The molecule has 1 N–H and O–H groups in total. The van der Waals surface area contributed by atoms with Crippen LogP contribution in [-0.4, -0.2) is 68.1 Å². The maximum Gasteiger partial charge on any atom is 0.362 e. The molecule has 1 aromatic heterocycles. The lowest BCUT2D eigenvalue weighted by atomic mass is 9.97. The van der Waals surface area contributed by atoms with Gasteiger partial charge in [0.1, 0.15) is 0 Å². The van der Waals surface area contributed by atoms with Crippen LogP contribution in [0.3, 0.4) is 0 Å². The van der Waals surface area contributed by atoms with Crippen LogP contribution in [0.25, 0.3) is 0 Å². The Bertz CT molecular complexity index is 1080. The number of esters is 1. The quantitative estimate of drug-likeness (QED) is 0.556. The van der Waals surface area contributed by atoms with Crippen molar-refractivity contribution in [1.82, 2.24) is 13.9 Å². The Morgan fingerprint density at radius 2 is 1.88 bits per heavy atom. The minimum absolute atomic E-state index is 0.0429. The van der Waals surface area contributed by atoms with Gasteiger partial charge in [-0.05, 0) is 31.9 Å². The highest BCUT2D eigenvalue weighted by Gasteiger charge is 2.33. The first-order valence-electron chi connectivity index (χ1n) is 9.84. The number of nitrogens with zero attached hydrogens (tertiary/aromatic N) is 3. The summed E-state index contributed by atoms with van der Waals surface area (Å²) in [5.74, 6) is -0.638. The summed E-state index contributed by atoms with van der Waals surface area (Å²) >= 11 is 0.882. The fraction of sp³-hybridized carbons (Fsp3) is 0.474. The molecule has 1 aliphatic rings. The number of anilines is 1. The van der Waals surface area contributed by atoms with Gasteiger partial charge in [0.15, 0.2) is 16.5 Å². The van der Waals surface area contributed by atoms with Gasteiger partial charge >= 0.3 is 5.97 Å². The molecule has 1 saturated heterocycles. The van der Waals surface area contributed by atoms with E-state index in [1.807, 2.05) is 0 Å². The maximum absolute atomic E-state index is 13.0. The summed E-state index contributed by atoms with van der Waals surface area (Å²) in [7, 11) is -0.849. The molecule has 2 aromatic rings. The van der Waals surface area contributed by atoms with Gasteiger partial charge in [0, 0.05) is 36.6 Å². The van der Waals surface area contributed by atoms with Gasteiger partial charge in [-0.3, -0.25) is 4.79 Å². The zero-order chi connectivity index (χ0) is 23.3. The average Bonchev–Trinajstić information content (AvgIpc) is 3.27. The number of sulfonamides is 1. The first kappa shape index (κ1) is 23.9. The average molecular weight is 485 g/mol. The Morgan fingerprint density at radius 1 is 1.19 bits per heavy atom. The van der Waals surface area contributed by atoms with E-state index in [0.717, 1.165) is 11.5 Å². The molecular weight excluding hydrogens is 460 g/mol. The molecule has 13 heteroatoms. The van der Waals surface area contributed by atoms with E-state index < -0.39 is 21.9 Å². The zero-order valence-corrected chi connectivity index (χ0v) is 19.5. The highest BCUT2D eigenvalue weighted by molar-refractivity contribution is 7.89. The fourth-order valence-corrected chi connectivity index (χ4v) is 5.35. The lowest BCUT2D eigenvalue weighted by molar-refractivity contribution is -0.120. The van der Waals surface area contributed by atoms with Crippen molar-refractivity contribution in [3.8, 4) is 11.5 Å². The zero-order valence-electron chi connectivity index (χ0n) is 17.9. The van der Waals surface area contributed by atoms with Crippen LogP contribution in [0.15, 0.2) is 23.1 Å². The fourth-order valence-electron chi connectivity index (χ4n) is 3.30. The minimum Gasteiger partial charge on any atom is -0.493 e. The number of hydrogen-bond donors (Lipinski definition) is 1. The molecule has 0 bridgehead atoms. The van der Waals surface area contributed by atoms with Gasteiger partial charge in [-0.2, -0.15) is 4.31 Å². The first-order valence-corrected chi connectivity index (χ1v) is 12.1. The number of hydrogen-bond acceptors (Lipinski definition) is 10. The summed E-state index contributed by atoms with van der Waals surface area (Å²) in [6, 6.07) is 4.42. The molecule has 0 unspecified atom stereocenters. The Morgan fingerprint density at radius 3 is 2.50 bits per heavy atom. The van der Waals surface area contributed by atoms with Crippen LogP contribution in [0.2, 0.25) is 0 Å². The van der Waals surface area contributed by atoms with Gasteiger partial charge in [0.05, 0.1) is 25.7 Å². The van der Waals surface area contributed by atoms with E-state index in [9.17, 15) is 18.0 Å². The highest BCUT2D eigenvalue weighted by Crippen LogP contribution is 2.32. The molecule has 2 heterocycles. The van der Waals surface area contributed by atoms with E-state index in [0.29, 0.717) is 24.3 Å². The van der Waals surface area contributed by atoms with Crippen LogP contribution in [-0.2, 0) is 19.6 Å². The third-order valence-corrected chi connectivity index (χ3v) is 7.55. The first-order chi connectivity index (χ1) is 15.3. The summed E-state index contributed by atoms with van der Waals surface area (Å²) in [6.07, 6.45) is 0.665. The van der Waals surface area contributed by atoms with E-state index in [-0.39, 0.29) is 41.2 Å². The second kappa shape index (κ2) is 10.2. The van der Waals surface area contributed by atoms with E-state index in [4.69, 9.17) is 14.2 Å². The molecule has 0 atom stereocenters. The number of methoxy groups -OCH3 is 2. The normalized spacial score (nSPS) is 15.2. The van der Waals surface area contributed by atoms with E-state index in [1.165, 1.54) is 36.7 Å². The monoisotopic (exact) mass is 484 g/mol. The molecule has 1 aromatic carbocycles. The van der Waals surface area contributed by atoms with Crippen LogP contribution in [0.5, 0.6) is 11.5 Å². The molecule has 11 nitrogen and oxygen atoms in total. The maximum atomic E-state index is 13.0. The summed E-state index contributed by atoms with van der Waals surface area (Å²) in [4.78, 5) is 24.7. The summed E-state index contributed by atoms with van der Waals surface area (Å²) < 4.78 is 46.4. The molecule has 0 radical (unpaired) electrons. The molecular formula is C19H24N4O7S2. The summed E-state index contributed by atoms with van der Waals surface area (Å²) in [6.45, 7) is 2.21. The van der Waals surface area contributed by atoms with Crippen LogP contribution in [0.4, 0.5) is 5.00 Å². The van der Waals surface area contributed by atoms with Crippen LogP contribution >= 0.6 is 11.5 Å². The second-order valence-electron chi connectivity index (χ2n) is 6.86. The third kappa shape index (κ3) is 5.00. The standard InChI is InChI=1S/C19H24N4O7S2/c1-4-30-19(25)16-18(31-22-21-16)20-17(24)12-7-9-23(10-8-12)32(26,27)13-5-6-14(28-2)15(11-13)29-3/h5-6,11-12H,4,7-10H2,1-3H3,(H,20,24). The number of nitrogens with one attached hydrogen (secondary N) is 1. The van der Waals surface area contributed by atoms with Crippen molar-refractivity contribution in [3.63, 3.8) is 0 Å². The van der Waals surface area contributed by atoms with Gasteiger partial charge in [-0.1, -0.05) is 4.49 Å². The number of amides is 1. The van der Waals surface area contributed by atoms with Crippen molar-refractivity contribution in [2.24, 2.45) is 5.92 Å². The molecule has 1 amide bonds. The molecule has 32 heavy (non-hydrogen) atoms. The predicted octanol–water partition coefficient (Wildman–Crippen LogP) is 1.77. The van der Waals surface area contributed by atoms with Crippen molar-refractivity contribution in [2.45, 2.75) is 24.7 Å². The number of piperidine rings is 1. The van der Waals surface area contributed by atoms with E-state index in [2.05, 4.69) is 14.9 Å². The Kier molecular flexibility index (Phi) is 7.64. The topological polar surface area (TPSA) is 137 Å². The van der Waals surface area contributed by atoms with Gasteiger partial charge in [-0.25, -0.2) is 13.2 Å². The van der Waals surface area contributed by atoms with Gasteiger partial charge in [0.25, 0.3) is 0 Å². The van der Waals surface area contributed by atoms with Crippen LogP contribution in [0, 0.1) is 5.92 Å². The second-order valence-corrected chi connectivity index (χ2v) is 9.55. The third-order valence-electron chi connectivity index (χ3n) is 5.01. The number of carbonyl (C=O) groups is 2. The minimum atomic E-state index is -3.76. The van der Waals surface area contributed by atoms with Crippen LogP contribution in [0.1, 0.15) is 30.3 Å². The van der Waals surface area contributed by atoms with E-state index >= 15 is 0 Å². The smallest absolute Gasteiger partial charge is 0.362 e. The lowest BCUT2D eigenvalue weighted by Gasteiger charge is -2.30. The van der Waals surface area contributed by atoms with Crippen LogP contribution < -0.4 is 14.8 Å². The Balaban J connectivity index is 1.64. The number of benzene rings is 1. The highest BCUT2D eigenvalue weighted by atomic mass is 32.2.